The molecule has 0 radical (unpaired) electrons. The van der Waals surface area contributed by atoms with E-state index in [0.717, 1.165) is 6.42 Å². The van der Waals surface area contributed by atoms with Gasteiger partial charge < -0.3 is 0 Å². The van der Waals surface area contributed by atoms with E-state index in [1.807, 2.05) is 0 Å². The normalized spacial score (nSPS) is 8.08. The summed E-state index contributed by atoms with van der Waals surface area (Å²) in [4.78, 5) is 0. The summed E-state index contributed by atoms with van der Waals surface area (Å²) in [6, 6.07) is 0. The lowest BCUT2D eigenvalue weighted by Crippen LogP contribution is -1.86. The zero-order chi connectivity index (χ0) is 10.4. The molecule has 0 heteroatoms. The molecule has 0 heterocycles. The van der Waals surface area contributed by atoms with Gasteiger partial charge in [-0.1, -0.05) is 18.1 Å². The second kappa shape index (κ2) is 22.8. The largest absolute Gasteiger partial charge is 0.124 e. The van der Waals surface area contributed by atoms with E-state index < -0.39 is 0 Å². The quantitative estimate of drug-likeness (QED) is 0.439. The number of hydrogen-bond acceptors (Lipinski definition) is 0. The van der Waals surface area contributed by atoms with Crippen molar-refractivity contribution in [3.05, 3.63) is 38.5 Å². The van der Waals surface area contributed by atoms with Crippen LogP contribution in [0.1, 0.15) is 6.42 Å². The highest BCUT2D eigenvalue weighted by atomic mass is 13.9. The molecule has 1 atom stereocenters. The molecule has 0 spiro atoms. The van der Waals surface area contributed by atoms with Crippen LogP contribution in [0.3, 0.4) is 0 Å². The number of terminal acetylenes is 2. The lowest BCUT2D eigenvalue weighted by molar-refractivity contribution is 0.869. The summed E-state index contributed by atoms with van der Waals surface area (Å²) in [5.41, 5.74) is 0. The molecule has 0 aromatic rings. The Hall–Kier alpha value is -1.66. The van der Waals surface area contributed by atoms with Crippen molar-refractivity contribution in [1.29, 1.82) is 0 Å². The highest BCUT2D eigenvalue weighted by Gasteiger charge is 1.91. The van der Waals surface area contributed by atoms with Crippen LogP contribution in [0.5, 0.6) is 0 Å². The van der Waals surface area contributed by atoms with Crippen LogP contribution in [-0.2, 0) is 0 Å². The molecular formula is C12H16. The third-order valence-corrected chi connectivity index (χ3v) is 0.919. The smallest absolute Gasteiger partial charge is 0.0411 e. The zero-order valence-electron chi connectivity index (χ0n) is 7.50. The maximum Gasteiger partial charge on any atom is 0.0411 e. The van der Waals surface area contributed by atoms with Crippen molar-refractivity contribution >= 4 is 0 Å². The van der Waals surface area contributed by atoms with Gasteiger partial charge in [0.2, 0.25) is 0 Å². The minimum absolute atomic E-state index is 0.174. The molecular weight excluding hydrogens is 144 g/mol. The first-order valence-corrected chi connectivity index (χ1v) is 3.38. The number of rotatable bonds is 3. The Kier molecular flexibility index (Phi) is 31.8. The van der Waals surface area contributed by atoms with Crippen molar-refractivity contribution in [2.75, 3.05) is 0 Å². The standard InChI is InChI=1S/C8H10.C2H4.C2H2/c1-4-7-8(5-2)6-3;2*1-2/h2,4,6,8H,1,3,7H2;1-2H2;1-2H. The second-order valence-corrected chi connectivity index (χ2v) is 1.53. The van der Waals surface area contributed by atoms with Gasteiger partial charge in [-0.2, -0.15) is 0 Å². The van der Waals surface area contributed by atoms with E-state index in [9.17, 15) is 0 Å². The fraction of sp³-hybridized carbons (Fsp3) is 0.167. The van der Waals surface area contributed by atoms with E-state index >= 15 is 0 Å². The molecule has 0 aliphatic rings. The van der Waals surface area contributed by atoms with Crippen LogP contribution in [-0.4, -0.2) is 0 Å². The Morgan fingerprint density at radius 2 is 1.67 bits per heavy atom. The summed E-state index contributed by atoms with van der Waals surface area (Å²) in [7, 11) is 0. The van der Waals surface area contributed by atoms with Crippen LogP contribution < -0.4 is 0 Å². The molecule has 0 aromatic heterocycles. The molecule has 0 aliphatic heterocycles. The first-order valence-electron chi connectivity index (χ1n) is 3.38. The molecule has 0 aromatic carbocycles. The van der Waals surface area contributed by atoms with E-state index in [1.54, 1.807) is 12.2 Å². The van der Waals surface area contributed by atoms with Crippen molar-refractivity contribution in [2.24, 2.45) is 5.92 Å². The molecule has 0 aliphatic carbocycles. The van der Waals surface area contributed by atoms with Crippen LogP contribution in [0.25, 0.3) is 0 Å². The third kappa shape index (κ3) is 15.8. The molecule has 0 fully saturated rings. The van der Waals surface area contributed by atoms with E-state index in [0.29, 0.717) is 0 Å². The average Bonchev–Trinajstić information content (AvgIpc) is 2.20. The molecule has 0 bridgehead atoms. The van der Waals surface area contributed by atoms with Gasteiger partial charge in [-0.15, -0.1) is 45.6 Å². The topological polar surface area (TPSA) is 0 Å². The summed E-state index contributed by atoms with van der Waals surface area (Å²) in [6.45, 7) is 13.1. The molecule has 0 N–H and O–H groups in total. The van der Waals surface area contributed by atoms with Gasteiger partial charge in [0.05, 0.1) is 0 Å². The minimum Gasteiger partial charge on any atom is -0.124 e. The van der Waals surface area contributed by atoms with Crippen molar-refractivity contribution in [3.63, 3.8) is 0 Å². The molecule has 1 unspecified atom stereocenters. The first kappa shape index (κ1) is 16.7. The monoisotopic (exact) mass is 160 g/mol. The van der Waals surface area contributed by atoms with Crippen LogP contribution in [0.2, 0.25) is 0 Å². The van der Waals surface area contributed by atoms with E-state index in [2.05, 4.69) is 45.1 Å². The van der Waals surface area contributed by atoms with Gasteiger partial charge in [0.15, 0.2) is 0 Å². The van der Waals surface area contributed by atoms with Gasteiger partial charge in [0, 0.05) is 5.92 Å². The van der Waals surface area contributed by atoms with Gasteiger partial charge in [-0.25, -0.2) is 0 Å². The molecule has 0 saturated heterocycles. The Morgan fingerprint density at radius 1 is 1.25 bits per heavy atom. The third-order valence-electron chi connectivity index (χ3n) is 0.919. The zero-order valence-corrected chi connectivity index (χ0v) is 7.50. The molecule has 0 rings (SSSR count). The predicted octanol–water partition coefficient (Wildman–Crippen LogP) is 3.05. The highest BCUT2D eigenvalue weighted by molar-refractivity contribution is 5.04. The van der Waals surface area contributed by atoms with Crippen LogP contribution in [0.15, 0.2) is 38.5 Å². The summed E-state index contributed by atoms with van der Waals surface area (Å²) in [5, 5.41) is 0. The Labute approximate surface area is 76.7 Å². The summed E-state index contributed by atoms with van der Waals surface area (Å²) >= 11 is 0. The van der Waals surface area contributed by atoms with Crippen molar-refractivity contribution in [2.45, 2.75) is 6.42 Å². The van der Waals surface area contributed by atoms with Gasteiger partial charge in [-0.05, 0) is 6.42 Å². The molecule has 64 valence electrons. The summed E-state index contributed by atoms with van der Waals surface area (Å²) < 4.78 is 0. The second-order valence-electron chi connectivity index (χ2n) is 1.53. The first-order chi connectivity index (χ1) is 5.85. The Balaban J connectivity index is -0.000000175. The van der Waals surface area contributed by atoms with Crippen molar-refractivity contribution < 1.29 is 0 Å². The lowest BCUT2D eigenvalue weighted by Gasteiger charge is -1.95. The van der Waals surface area contributed by atoms with Gasteiger partial charge >= 0.3 is 0 Å². The SMILES string of the molecule is C#C.C#CC(C=C)CC=C.C=C. The number of allylic oxidation sites excluding steroid dienone is 2. The minimum atomic E-state index is 0.174. The van der Waals surface area contributed by atoms with E-state index in [-0.39, 0.29) is 5.92 Å². The van der Waals surface area contributed by atoms with Gasteiger partial charge in [-0.3, -0.25) is 0 Å². The molecule has 0 saturated carbocycles. The Bertz CT molecular complexity index is 155. The van der Waals surface area contributed by atoms with E-state index in [1.165, 1.54) is 0 Å². The van der Waals surface area contributed by atoms with Crippen molar-refractivity contribution in [1.82, 2.24) is 0 Å². The molecule has 0 amide bonds. The maximum atomic E-state index is 5.10. The summed E-state index contributed by atoms with van der Waals surface area (Å²) in [6.07, 6.45) is 17.5. The summed E-state index contributed by atoms with van der Waals surface area (Å²) in [5.74, 6) is 2.74. The fourth-order valence-electron chi connectivity index (χ4n) is 0.412. The van der Waals surface area contributed by atoms with Crippen molar-refractivity contribution in [3.8, 4) is 25.2 Å². The van der Waals surface area contributed by atoms with Crippen LogP contribution in [0.4, 0.5) is 0 Å². The predicted molar refractivity (Wildman–Crippen MR) is 58.5 cm³/mol. The highest BCUT2D eigenvalue weighted by Crippen LogP contribution is 2.00. The lowest BCUT2D eigenvalue weighted by atomic mass is 10.1. The van der Waals surface area contributed by atoms with Gasteiger partial charge in [0.1, 0.15) is 0 Å². The Morgan fingerprint density at radius 3 is 1.75 bits per heavy atom. The average molecular weight is 160 g/mol. The molecule has 12 heavy (non-hydrogen) atoms. The maximum absolute atomic E-state index is 5.10. The van der Waals surface area contributed by atoms with E-state index in [4.69, 9.17) is 6.42 Å². The molecule has 0 nitrogen and oxygen atoms in total. The fourth-order valence-corrected chi connectivity index (χ4v) is 0.412. The number of hydrogen-bond donors (Lipinski definition) is 0. The van der Waals surface area contributed by atoms with Crippen LogP contribution in [0, 0.1) is 31.1 Å². The van der Waals surface area contributed by atoms with Gasteiger partial charge in [0.25, 0.3) is 0 Å². The van der Waals surface area contributed by atoms with Crippen LogP contribution >= 0.6 is 0 Å².